The first-order valence-corrected chi connectivity index (χ1v) is 11.6. The van der Waals surface area contributed by atoms with Crippen LogP contribution in [0.4, 0.5) is 29.3 Å². The number of anilines is 2. The summed E-state index contributed by atoms with van der Waals surface area (Å²) in [5.74, 6) is 0.320. The summed E-state index contributed by atoms with van der Waals surface area (Å²) >= 11 is 0. The zero-order valence-electron chi connectivity index (χ0n) is 20.4. The van der Waals surface area contributed by atoms with Gasteiger partial charge >= 0.3 is 12.2 Å². The van der Waals surface area contributed by atoms with E-state index in [1.807, 2.05) is 14.0 Å². The SMILES string of the molecule is CNC[C@H]1Oc2ccc(NC(=O)Nc3ccc(C(F)(F)F)cc3)cc2CC(=O)N([C@H](C)CO)C[C@@H]1C. The van der Waals surface area contributed by atoms with Crippen LogP contribution in [-0.4, -0.2) is 60.8 Å². The van der Waals surface area contributed by atoms with Crippen molar-refractivity contribution >= 4 is 23.3 Å². The maximum Gasteiger partial charge on any atom is 0.416 e. The van der Waals surface area contributed by atoms with E-state index in [0.717, 1.165) is 12.1 Å². The Hall–Kier alpha value is -3.31. The number of urea groups is 1. The van der Waals surface area contributed by atoms with Gasteiger partial charge in [0, 0.05) is 35.9 Å². The highest BCUT2D eigenvalue weighted by Gasteiger charge is 2.31. The van der Waals surface area contributed by atoms with Crippen molar-refractivity contribution in [3.63, 3.8) is 0 Å². The molecule has 8 nitrogen and oxygen atoms in total. The predicted molar refractivity (Wildman–Crippen MR) is 130 cm³/mol. The van der Waals surface area contributed by atoms with E-state index in [-0.39, 0.29) is 42.7 Å². The van der Waals surface area contributed by atoms with Crippen molar-refractivity contribution in [2.24, 2.45) is 5.92 Å². The van der Waals surface area contributed by atoms with Crippen molar-refractivity contribution in [1.82, 2.24) is 10.2 Å². The number of nitrogens with one attached hydrogen (secondary N) is 3. The minimum atomic E-state index is -4.46. The molecule has 0 fully saturated rings. The molecule has 1 aliphatic rings. The van der Waals surface area contributed by atoms with Crippen LogP contribution in [0.25, 0.3) is 0 Å². The Morgan fingerprint density at radius 3 is 2.42 bits per heavy atom. The number of carbonyl (C=O) groups excluding carboxylic acids is 2. The Morgan fingerprint density at radius 1 is 1.17 bits per heavy atom. The fourth-order valence-corrected chi connectivity index (χ4v) is 3.99. The number of ether oxygens (including phenoxy) is 1. The Labute approximate surface area is 207 Å². The van der Waals surface area contributed by atoms with E-state index < -0.39 is 17.8 Å². The van der Waals surface area contributed by atoms with Crippen molar-refractivity contribution < 1.29 is 32.6 Å². The molecule has 4 N–H and O–H groups in total. The van der Waals surface area contributed by atoms with Gasteiger partial charge in [0.1, 0.15) is 11.9 Å². The van der Waals surface area contributed by atoms with E-state index in [1.165, 1.54) is 12.1 Å². The molecule has 1 heterocycles. The first-order chi connectivity index (χ1) is 17.0. The van der Waals surface area contributed by atoms with Gasteiger partial charge in [0.25, 0.3) is 0 Å². The van der Waals surface area contributed by atoms with Crippen LogP contribution in [0.15, 0.2) is 42.5 Å². The number of nitrogens with zero attached hydrogens (tertiary/aromatic N) is 1. The molecule has 0 unspecified atom stereocenters. The highest BCUT2D eigenvalue weighted by molar-refractivity contribution is 6.00. The van der Waals surface area contributed by atoms with Gasteiger partial charge in [-0.15, -0.1) is 0 Å². The Bertz CT molecular complexity index is 1060. The molecule has 3 rings (SSSR count). The van der Waals surface area contributed by atoms with Gasteiger partial charge in [-0.3, -0.25) is 4.79 Å². The van der Waals surface area contributed by atoms with E-state index in [1.54, 1.807) is 30.0 Å². The largest absolute Gasteiger partial charge is 0.488 e. The van der Waals surface area contributed by atoms with Crippen molar-refractivity contribution in [3.05, 3.63) is 53.6 Å². The smallest absolute Gasteiger partial charge is 0.416 e. The van der Waals surface area contributed by atoms with Gasteiger partial charge in [-0.05, 0) is 56.4 Å². The van der Waals surface area contributed by atoms with Crippen LogP contribution in [0.2, 0.25) is 0 Å². The molecule has 2 aromatic rings. The second kappa shape index (κ2) is 11.6. The molecule has 0 radical (unpaired) electrons. The minimum absolute atomic E-state index is 0.00864. The van der Waals surface area contributed by atoms with Crippen LogP contribution in [0.5, 0.6) is 5.75 Å². The normalized spacial score (nSPS) is 19.3. The van der Waals surface area contributed by atoms with Crippen LogP contribution < -0.4 is 20.7 Å². The van der Waals surface area contributed by atoms with Gasteiger partial charge in [0.15, 0.2) is 0 Å². The van der Waals surface area contributed by atoms with Crippen molar-refractivity contribution in [3.8, 4) is 5.75 Å². The number of hydrogen-bond acceptors (Lipinski definition) is 5. The first kappa shape index (κ1) is 27.3. The number of halogens is 3. The summed E-state index contributed by atoms with van der Waals surface area (Å²) in [6.45, 7) is 4.56. The summed E-state index contributed by atoms with van der Waals surface area (Å²) in [5, 5.41) is 17.9. The van der Waals surface area contributed by atoms with Crippen molar-refractivity contribution in [1.29, 1.82) is 0 Å². The number of carbonyl (C=O) groups is 2. The van der Waals surface area contributed by atoms with Crippen molar-refractivity contribution in [2.75, 3.05) is 37.4 Å². The fraction of sp³-hybridized carbons (Fsp3) is 0.440. The van der Waals surface area contributed by atoms with Gasteiger partial charge in [0.05, 0.1) is 24.6 Å². The fourth-order valence-electron chi connectivity index (χ4n) is 3.99. The highest BCUT2D eigenvalue weighted by Crippen LogP contribution is 2.31. The number of fused-ring (bicyclic) bond motifs is 1. The number of aliphatic hydroxyl groups is 1. The lowest BCUT2D eigenvalue weighted by atomic mass is 10.0. The van der Waals surface area contributed by atoms with Crippen LogP contribution in [-0.2, 0) is 17.4 Å². The summed E-state index contributed by atoms with van der Waals surface area (Å²) in [7, 11) is 1.81. The van der Waals surface area contributed by atoms with E-state index in [9.17, 15) is 27.9 Å². The Balaban J connectivity index is 1.80. The average Bonchev–Trinajstić information content (AvgIpc) is 2.86. The standard InChI is InChI=1S/C25H31F3N4O4/c1-15-13-32(16(2)14-33)23(34)11-17-10-20(8-9-21(17)36-22(15)12-29-3)31-24(35)30-19-6-4-18(5-7-19)25(26,27)28/h4-10,15-16,22,29,33H,11-14H2,1-3H3,(H2,30,31,35)/t15-,16+,22+/m0/s1. The number of hydrogen-bond donors (Lipinski definition) is 4. The zero-order valence-corrected chi connectivity index (χ0v) is 20.4. The topological polar surface area (TPSA) is 103 Å². The molecule has 0 bridgehead atoms. The summed E-state index contributed by atoms with van der Waals surface area (Å²) in [5.41, 5.74) is 0.330. The van der Waals surface area contributed by atoms with Crippen LogP contribution >= 0.6 is 0 Å². The summed E-state index contributed by atoms with van der Waals surface area (Å²) in [6, 6.07) is 8.02. The van der Waals surface area contributed by atoms with E-state index in [4.69, 9.17) is 4.74 Å². The predicted octanol–water partition coefficient (Wildman–Crippen LogP) is 3.72. The molecule has 0 saturated carbocycles. The number of alkyl halides is 3. The van der Waals surface area contributed by atoms with Gasteiger partial charge in [0.2, 0.25) is 5.91 Å². The molecule has 36 heavy (non-hydrogen) atoms. The number of aliphatic hydroxyl groups excluding tert-OH is 1. The zero-order chi connectivity index (χ0) is 26.5. The molecule has 3 atom stereocenters. The molecular weight excluding hydrogens is 477 g/mol. The lowest BCUT2D eigenvalue weighted by molar-refractivity contribution is -0.137. The minimum Gasteiger partial charge on any atom is -0.488 e. The molecule has 0 spiro atoms. The van der Waals surface area contributed by atoms with E-state index >= 15 is 0 Å². The quantitative estimate of drug-likeness (QED) is 0.477. The number of amides is 3. The Morgan fingerprint density at radius 2 is 1.81 bits per heavy atom. The molecule has 0 saturated heterocycles. The molecule has 1 aliphatic heterocycles. The number of benzene rings is 2. The van der Waals surface area contributed by atoms with Gasteiger partial charge in [-0.25, -0.2) is 4.79 Å². The molecule has 11 heteroatoms. The summed E-state index contributed by atoms with van der Waals surface area (Å²) in [4.78, 5) is 27.2. The third-order valence-electron chi connectivity index (χ3n) is 6.05. The summed E-state index contributed by atoms with van der Waals surface area (Å²) in [6.07, 6.45) is -4.70. The molecule has 196 valence electrons. The second-order valence-electron chi connectivity index (χ2n) is 8.92. The molecular formula is C25H31F3N4O4. The third kappa shape index (κ3) is 6.88. The van der Waals surface area contributed by atoms with E-state index in [2.05, 4.69) is 16.0 Å². The van der Waals surface area contributed by atoms with Gasteiger partial charge in [-0.2, -0.15) is 13.2 Å². The Kier molecular flexibility index (Phi) is 8.80. The van der Waals surface area contributed by atoms with Crippen LogP contribution in [0.1, 0.15) is 25.0 Å². The van der Waals surface area contributed by atoms with Gasteiger partial charge in [-0.1, -0.05) is 6.92 Å². The molecule has 2 aromatic carbocycles. The van der Waals surface area contributed by atoms with Crippen LogP contribution in [0, 0.1) is 5.92 Å². The maximum atomic E-state index is 13.1. The molecule has 0 aromatic heterocycles. The molecule has 3 amide bonds. The highest BCUT2D eigenvalue weighted by atomic mass is 19.4. The lowest BCUT2D eigenvalue weighted by Gasteiger charge is -2.32. The number of likely N-dealkylation sites (N-methyl/N-ethyl adjacent to an activating group) is 1. The summed E-state index contributed by atoms with van der Waals surface area (Å²) < 4.78 is 44.5. The van der Waals surface area contributed by atoms with E-state index in [0.29, 0.717) is 30.1 Å². The third-order valence-corrected chi connectivity index (χ3v) is 6.05. The van der Waals surface area contributed by atoms with Crippen molar-refractivity contribution in [2.45, 2.75) is 38.6 Å². The monoisotopic (exact) mass is 508 g/mol. The first-order valence-electron chi connectivity index (χ1n) is 11.6. The van der Waals surface area contributed by atoms with Gasteiger partial charge < -0.3 is 30.7 Å². The number of rotatable bonds is 6. The van der Waals surface area contributed by atoms with Crippen LogP contribution in [0.3, 0.4) is 0 Å². The molecule has 0 aliphatic carbocycles. The maximum absolute atomic E-state index is 13.1. The average molecular weight is 509 g/mol. The second-order valence-corrected chi connectivity index (χ2v) is 8.92. The lowest BCUT2D eigenvalue weighted by Crippen LogP contribution is -2.47.